The van der Waals surface area contributed by atoms with Gasteiger partial charge in [-0.3, -0.25) is 4.79 Å². The van der Waals surface area contributed by atoms with Crippen LogP contribution in [0.15, 0.2) is 48.5 Å². The number of carbonyl (C=O) groups is 1. The van der Waals surface area contributed by atoms with E-state index in [4.69, 9.17) is 17.3 Å². The molecular weight excluding hydrogens is 319 g/mol. The molecule has 0 amide bonds. The second-order valence-electron chi connectivity index (χ2n) is 5.25. The lowest BCUT2D eigenvalue weighted by Crippen LogP contribution is -2.49. The quantitative estimate of drug-likeness (QED) is 0.629. The van der Waals surface area contributed by atoms with Crippen molar-refractivity contribution in [1.29, 1.82) is 0 Å². The Morgan fingerprint density at radius 3 is 2.48 bits per heavy atom. The maximum absolute atomic E-state index is 13.6. The van der Waals surface area contributed by atoms with Gasteiger partial charge in [-0.25, -0.2) is 4.39 Å². The van der Waals surface area contributed by atoms with Crippen LogP contribution in [0.3, 0.4) is 0 Å². The van der Waals surface area contributed by atoms with Gasteiger partial charge in [0.15, 0.2) is 5.78 Å². The van der Waals surface area contributed by atoms with Crippen LogP contribution in [-0.4, -0.2) is 30.2 Å². The van der Waals surface area contributed by atoms with E-state index in [1.54, 1.807) is 42.3 Å². The number of anilines is 1. The van der Waals surface area contributed by atoms with Crippen molar-refractivity contribution in [2.45, 2.75) is 18.7 Å². The molecule has 2 atom stereocenters. The van der Waals surface area contributed by atoms with Gasteiger partial charge >= 0.3 is 0 Å². The van der Waals surface area contributed by atoms with E-state index in [1.165, 1.54) is 18.2 Å². The van der Waals surface area contributed by atoms with Crippen molar-refractivity contribution < 1.29 is 14.3 Å². The number of hydrogen-bond donors (Lipinski definition) is 2. The van der Waals surface area contributed by atoms with Crippen molar-refractivity contribution in [2.24, 2.45) is 5.73 Å². The normalized spacial score (nSPS) is 13.4. The van der Waals surface area contributed by atoms with Gasteiger partial charge < -0.3 is 15.7 Å². The Kier molecular flexibility index (Phi) is 5.71. The summed E-state index contributed by atoms with van der Waals surface area (Å²) in [5.41, 5.74) is 6.69. The molecule has 0 aliphatic carbocycles. The van der Waals surface area contributed by atoms with Crippen molar-refractivity contribution in [3.63, 3.8) is 0 Å². The number of benzene rings is 2. The molecule has 0 aromatic heterocycles. The number of aliphatic hydroxyl groups excluding tert-OH is 1. The van der Waals surface area contributed by atoms with Gasteiger partial charge in [0.25, 0.3) is 0 Å². The molecule has 0 fully saturated rings. The maximum Gasteiger partial charge on any atom is 0.168 e. The molecule has 0 radical (unpaired) electrons. The van der Waals surface area contributed by atoms with E-state index in [0.717, 1.165) is 5.69 Å². The van der Waals surface area contributed by atoms with Crippen LogP contribution in [-0.2, 0) is 0 Å². The standard InChI is InChI=1S/C17H18ClFN2O2/c1-21(12-8-6-11(18)7-9-12)17(20)16(23)10-15(22)13-4-2-3-5-14(13)19/h2-9,16-17,23H,10,20H2,1H3. The third-order valence-corrected chi connectivity index (χ3v) is 3.90. The molecular formula is C17H18ClFN2O2. The summed E-state index contributed by atoms with van der Waals surface area (Å²) < 4.78 is 13.6. The van der Waals surface area contributed by atoms with E-state index in [2.05, 4.69) is 0 Å². The third-order valence-electron chi connectivity index (χ3n) is 3.64. The van der Waals surface area contributed by atoms with E-state index < -0.39 is 23.9 Å². The predicted molar refractivity (Wildman–Crippen MR) is 89.2 cm³/mol. The van der Waals surface area contributed by atoms with Crippen LogP contribution in [0.5, 0.6) is 0 Å². The number of Topliss-reactive ketones (excluding diaryl/α,β-unsaturated/α-hetero) is 1. The van der Waals surface area contributed by atoms with Crippen molar-refractivity contribution in [2.75, 3.05) is 11.9 Å². The van der Waals surface area contributed by atoms with Crippen LogP contribution >= 0.6 is 11.6 Å². The van der Waals surface area contributed by atoms with Gasteiger partial charge in [-0.2, -0.15) is 0 Å². The molecule has 0 bridgehead atoms. The Hall–Kier alpha value is -1.95. The van der Waals surface area contributed by atoms with E-state index in [9.17, 15) is 14.3 Å². The summed E-state index contributed by atoms with van der Waals surface area (Å²) in [7, 11) is 1.70. The first-order chi connectivity index (χ1) is 10.9. The van der Waals surface area contributed by atoms with Crippen molar-refractivity contribution in [3.05, 3.63) is 64.9 Å². The number of halogens is 2. The summed E-state index contributed by atoms with van der Waals surface area (Å²) in [6.07, 6.45) is -2.21. The first-order valence-corrected chi connectivity index (χ1v) is 7.47. The molecule has 0 aliphatic heterocycles. The van der Waals surface area contributed by atoms with Crippen LogP contribution in [0.4, 0.5) is 10.1 Å². The average Bonchev–Trinajstić information content (AvgIpc) is 2.54. The highest BCUT2D eigenvalue weighted by Gasteiger charge is 2.24. The van der Waals surface area contributed by atoms with E-state index in [-0.39, 0.29) is 12.0 Å². The average molecular weight is 337 g/mol. The fourth-order valence-electron chi connectivity index (χ4n) is 2.21. The summed E-state index contributed by atoms with van der Waals surface area (Å²) in [6.45, 7) is 0. The molecule has 4 nitrogen and oxygen atoms in total. The fraction of sp³-hybridized carbons (Fsp3) is 0.235. The van der Waals surface area contributed by atoms with E-state index in [0.29, 0.717) is 5.02 Å². The smallest absolute Gasteiger partial charge is 0.168 e. The number of rotatable bonds is 6. The number of ketones is 1. The predicted octanol–water partition coefficient (Wildman–Crippen LogP) is 2.83. The molecule has 0 aliphatic rings. The zero-order valence-electron chi connectivity index (χ0n) is 12.6. The zero-order chi connectivity index (χ0) is 17.0. The van der Waals surface area contributed by atoms with Gasteiger partial charge in [0.05, 0.1) is 11.7 Å². The first-order valence-electron chi connectivity index (χ1n) is 7.10. The molecule has 6 heteroatoms. The minimum absolute atomic E-state index is 0.0482. The zero-order valence-corrected chi connectivity index (χ0v) is 13.4. The number of hydrogen-bond acceptors (Lipinski definition) is 4. The Balaban J connectivity index is 2.04. The topological polar surface area (TPSA) is 66.6 Å². The highest BCUT2D eigenvalue weighted by atomic mass is 35.5. The van der Waals surface area contributed by atoms with Gasteiger partial charge in [0, 0.05) is 24.2 Å². The largest absolute Gasteiger partial charge is 0.389 e. The Morgan fingerprint density at radius 2 is 1.87 bits per heavy atom. The molecule has 0 saturated heterocycles. The van der Waals surface area contributed by atoms with Gasteiger partial charge in [0.2, 0.25) is 0 Å². The molecule has 122 valence electrons. The number of aliphatic hydroxyl groups is 1. The minimum atomic E-state index is -1.14. The molecule has 2 rings (SSSR count). The Bertz CT molecular complexity index is 679. The van der Waals surface area contributed by atoms with Crippen molar-refractivity contribution in [3.8, 4) is 0 Å². The number of carbonyl (C=O) groups excluding carboxylic acids is 1. The highest BCUT2D eigenvalue weighted by Crippen LogP contribution is 2.20. The summed E-state index contributed by atoms with van der Waals surface area (Å²) in [4.78, 5) is 13.7. The number of likely N-dealkylation sites (N-methyl/N-ethyl adjacent to an activating group) is 1. The lowest BCUT2D eigenvalue weighted by atomic mass is 10.0. The van der Waals surface area contributed by atoms with Gasteiger partial charge in [-0.15, -0.1) is 0 Å². The van der Waals surface area contributed by atoms with Crippen LogP contribution < -0.4 is 10.6 Å². The Morgan fingerprint density at radius 1 is 1.26 bits per heavy atom. The van der Waals surface area contributed by atoms with Gasteiger partial charge in [0.1, 0.15) is 12.0 Å². The maximum atomic E-state index is 13.6. The van der Waals surface area contributed by atoms with E-state index in [1.807, 2.05) is 0 Å². The Labute approximate surface area is 139 Å². The van der Waals surface area contributed by atoms with Crippen LogP contribution in [0.2, 0.25) is 5.02 Å². The van der Waals surface area contributed by atoms with Gasteiger partial charge in [-0.1, -0.05) is 23.7 Å². The van der Waals surface area contributed by atoms with Crippen molar-refractivity contribution >= 4 is 23.1 Å². The fourth-order valence-corrected chi connectivity index (χ4v) is 2.34. The minimum Gasteiger partial charge on any atom is -0.389 e. The lowest BCUT2D eigenvalue weighted by Gasteiger charge is -2.30. The van der Waals surface area contributed by atoms with E-state index >= 15 is 0 Å². The SMILES string of the molecule is CN(c1ccc(Cl)cc1)C(N)C(O)CC(=O)c1ccccc1F. The summed E-state index contributed by atoms with van der Waals surface area (Å²) in [6, 6.07) is 12.6. The van der Waals surface area contributed by atoms with Crippen LogP contribution in [0.1, 0.15) is 16.8 Å². The number of nitrogens with zero attached hydrogens (tertiary/aromatic N) is 1. The van der Waals surface area contributed by atoms with Crippen LogP contribution in [0.25, 0.3) is 0 Å². The summed E-state index contributed by atoms with van der Waals surface area (Å²) in [5, 5.41) is 10.8. The lowest BCUT2D eigenvalue weighted by molar-refractivity contribution is 0.0833. The van der Waals surface area contributed by atoms with Crippen molar-refractivity contribution in [1.82, 2.24) is 0 Å². The second kappa shape index (κ2) is 7.55. The molecule has 0 spiro atoms. The van der Waals surface area contributed by atoms with Gasteiger partial charge in [-0.05, 0) is 36.4 Å². The molecule has 2 aromatic carbocycles. The molecule has 0 saturated carbocycles. The second-order valence-corrected chi connectivity index (χ2v) is 5.69. The van der Waals surface area contributed by atoms with Crippen LogP contribution in [0, 0.1) is 5.82 Å². The third kappa shape index (κ3) is 4.28. The molecule has 2 unspecified atom stereocenters. The molecule has 2 aromatic rings. The molecule has 23 heavy (non-hydrogen) atoms. The highest BCUT2D eigenvalue weighted by molar-refractivity contribution is 6.30. The summed E-state index contributed by atoms with van der Waals surface area (Å²) >= 11 is 5.83. The molecule has 0 heterocycles. The summed E-state index contributed by atoms with van der Waals surface area (Å²) in [5.74, 6) is -1.10. The monoisotopic (exact) mass is 336 g/mol. The number of nitrogens with two attached hydrogens (primary N) is 1. The first kappa shape index (κ1) is 17.4. The molecule has 3 N–H and O–H groups in total.